The summed E-state index contributed by atoms with van der Waals surface area (Å²) in [6.07, 6.45) is 1.63. The van der Waals surface area contributed by atoms with Gasteiger partial charge in [-0.05, 0) is 57.0 Å². The van der Waals surface area contributed by atoms with Crippen molar-refractivity contribution in [2.24, 2.45) is 0 Å². The lowest BCUT2D eigenvalue weighted by Gasteiger charge is -2.11. The highest BCUT2D eigenvalue weighted by Crippen LogP contribution is 2.23. The molecule has 0 unspecified atom stereocenters. The highest BCUT2D eigenvalue weighted by molar-refractivity contribution is 6.00. The summed E-state index contributed by atoms with van der Waals surface area (Å²) in [6, 6.07) is 9.12. The number of halogens is 1. The number of carbonyl (C=O) groups is 2. The smallest absolute Gasteiger partial charge is 0.359 e. The number of esters is 1. The van der Waals surface area contributed by atoms with Crippen LogP contribution in [-0.2, 0) is 11.3 Å². The molecule has 2 heterocycles. The molecular formula is C24H26FN3O4. The summed E-state index contributed by atoms with van der Waals surface area (Å²) in [5, 5.41) is 4.03. The molecule has 0 aliphatic carbocycles. The molecule has 0 radical (unpaired) electrons. The Morgan fingerprint density at radius 1 is 1.09 bits per heavy atom. The van der Waals surface area contributed by atoms with E-state index in [1.165, 1.54) is 22.9 Å². The molecule has 3 aromatic rings. The Hall–Kier alpha value is -3.55. The zero-order valence-electron chi connectivity index (χ0n) is 18.6. The fourth-order valence-electron chi connectivity index (χ4n) is 3.47. The van der Waals surface area contributed by atoms with Crippen LogP contribution in [0.3, 0.4) is 0 Å². The van der Waals surface area contributed by atoms with Gasteiger partial charge in [-0.15, -0.1) is 0 Å². The van der Waals surface area contributed by atoms with Gasteiger partial charge in [-0.2, -0.15) is 5.10 Å². The van der Waals surface area contributed by atoms with Crippen molar-refractivity contribution in [3.05, 3.63) is 80.8 Å². The predicted molar refractivity (Wildman–Crippen MR) is 118 cm³/mol. The molecule has 0 bridgehead atoms. The van der Waals surface area contributed by atoms with E-state index in [2.05, 4.69) is 5.10 Å². The molecule has 0 spiro atoms. The Morgan fingerprint density at radius 2 is 1.84 bits per heavy atom. The second-order valence-electron chi connectivity index (χ2n) is 7.69. The van der Waals surface area contributed by atoms with Crippen molar-refractivity contribution in [1.29, 1.82) is 0 Å². The van der Waals surface area contributed by atoms with Gasteiger partial charge in [-0.25, -0.2) is 13.9 Å². The van der Waals surface area contributed by atoms with Crippen LogP contribution in [-0.4, -0.2) is 32.7 Å². The van der Waals surface area contributed by atoms with Gasteiger partial charge in [0, 0.05) is 35.2 Å². The maximum atomic E-state index is 14.0. The lowest BCUT2D eigenvalue weighted by Crippen LogP contribution is -2.25. The third-order valence-electron chi connectivity index (χ3n) is 5.28. The van der Waals surface area contributed by atoms with E-state index < -0.39 is 12.6 Å². The van der Waals surface area contributed by atoms with Crippen LogP contribution < -0.4 is 5.56 Å². The van der Waals surface area contributed by atoms with Crippen LogP contribution in [0.2, 0.25) is 0 Å². The van der Waals surface area contributed by atoms with Gasteiger partial charge < -0.3 is 9.30 Å². The summed E-state index contributed by atoms with van der Waals surface area (Å²) in [7, 11) is 0. The Morgan fingerprint density at radius 3 is 2.53 bits per heavy atom. The van der Waals surface area contributed by atoms with Crippen molar-refractivity contribution in [3.63, 3.8) is 0 Å². The number of aryl methyl sites for hydroxylation is 3. The van der Waals surface area contributed by atoms with E-state index >= 15 is 0 Å². The fraction of sp³-hybridized carbons (Fsp3) is 0.333. The average molecular weight is 439 g/mol. The monoisotopic (exact) mass is 439 g/mol. The summed E-state index contributed by atoms with van der Waals surface area (Å²) in [6.45, 7) is 7.17. The maximum Gasteiger partial charge on any atom is 0.359 e. The first-order valence-corrected chi connectivity index (χ1v) is 10.5. The average Bonchev–Trinajstić information content (AvgIpc) is 3.07. The fourth-order valence-corrected chi connectivity index (χ4v) is 3.47. The highest BCUT2D eigenvalue weighted by atomic mass is 19.1. The lowest BCUT2D eigenvalue weighted by atomic mass is 10.1. The molecular weight excluding hydrogens is 413 g/mol. The SMILES string of the molecule is CCCCn1nc(C(=O)OCC(=O)c2cc(C)n(-c3ccc(C)c(F)c3)c2C)ccc1=O. The molecule has 0 aliphatic rings. The predicted octanol–water partition coefficient (Wildman–Crippen LogP) is 3.94. The van der Waals surface area contributed by atoms with Gasteiger partial charge in [0.2, 0.25) is 5.78 Å². The molecule has 0 atom stereocenters. The number of hydrogen-bond donors (Lipinski definition) is 0. The van der Waals surface area contributed by atoms with Crippen molar-refractivity contribution >= 4 is 11.8 Å². The largest absolute Gasteiger partial charge is 0.453 e. The number of rotatable bonds is 8. The molecule has 0 fully saturated rings. The summed E-state index contributed by atoms with van der Waals surface area (Å²) in [4.78, 5) is 37.0. The standard InChI is InChI=1S/C24H26FN3O4/c1-5-6-11-27-23(30)10-9-21(26-27)24(31)32-14-22(29)19-12-16(3)28(17(19)4)18-8-7-15(2)20(25)13-18/h7-10,12-13H,5-6,11,14H2,1-4H3. The zero-order chi connectivity index (χ0) is 23.4. The third kappa shape index (κ3) is 4.85. The first-order chi connectivity index (χ1) is 15.2. The Balaban J connectivity index is 1.75. The number of ether oxygens (including phenoxy) is 1. The molecule has 168 valence electrons. The van der Waals surface area contributed by atoms with E-state index in [-0.39, 0.29) is 22.9 Å². The number of ketones is 1. The molecule has 0 saturated carbocycles. The molecule has 2 aromatic heterocycles. The summed E-state index contributed by atoms with van der Waals surface area (Å²) >= 11 is 0. The van der Waals surface area contributed by atoms with Gasteiger partial charge in [-0.3, -0.25) is 9.59 Å². The van der Waals surface area contributed by atoms with Gasteiger partial charge >= 0.3 is 5.97 Å². The van der Waals surface area contributed by atoms with Crippen molar-refractivity contribution in [2.45, 2.75) is 47.1 Å². The number of nitrogens with zero attached hydrogens (tertiary/aromatic N) is 3. The molecule has 1 aromatic carbocycles. The number of unbranched alkanes of at least 4 members (excludes halogenated alkanes) is 1. The van der Waals surface area contributed by atoms with Gasteiger partial charge in [0.25, 0.3) is 5.56 Å². The molecule has 7 nitrogen and oxygen atoms in total. The first kappa shape index (κ1) is 23.1. The molecule has 3 rings (SSSR count). The minimum Gasteiger partial charge on any atom is -0.453 e. The second kappa shape index (κ2) is 9.72. The van der Waals surface area contributed by atoms with E-state index in [4.69, 9.17) is 4.74 Å². The van der Waals surface area contributed by atoms with Crippen LogP contribution in [0, 0.1) is 26.6 Å². The van der Waals surface area contributed by atoms with Crippen molar-refractivity contribution in [1.82, 2.24) is 14.3 Å². The third-order valence-corrected chi connectivity index (χ3v) is 5.28. The molecule has 8 heteroatoms. The van der Waals surface area contributed by atoms with Gasteiger partial charge in [0.15, 0.2) is 12.3 Å². The molecule has 32 heavy (non-hydrogen) atoms. The Kier molecular flexibility index (Phi) is 7.02. The van der Waals surface area contributed by atoms with Gasteiger partial charge in [0.1, 0.15) is 5.82 Å². The maximum absolute atomic E-state index is 14.0. The van der Waals surface area contributed by atoms with Crippen LogP contribution in [0.5, 0.6) is 0 Å². The van der Waals surface area contributed by atoms with E-state index in [9.17, 15) is 18.8 Å². The van der Waals surface area contributed by atoms with Crippen molar-refractivity contribution in [2.75, 3.05) is 6.61 Å². The van der Waals surface area contributed by atoms with Crippen LogP contribution in [0.1, 0.15) is 57.6 Å². The van der Waals surface area contributed by atoms with Crippen molar-refractivity contribution in [3.8, 4) is 5.69 Å². The van der Waals surface area contributed by atoms with Crippen molar-refractivity contribution < 1.29 is 18.7 Å². The summed E-state index contributed by atoms with van der Waals surface area (Å²) in [5.74, 6) is -1.49. The number of benzene rings is 1. The molecule has 0 saturated heterocycles. The van der Waals surface area contributed by atoms with E-state index in [0.29, 0.717) is 29.1 Å². The highest BCUT2D eigenvalue weighted by Gasteiger charge is 2.20. The molecule has 0 N–H and O–H groups in total. The summed E-state index contributed by atoms with van der Waals surface area (Å²) < 4.78 is 22.2. The molecule has 0 aliphatic heterocycles. The summed E-state index contributed by atoms with van der Waals surface area (Å²) in [5.41, 5.74) is 2.58. The molecule has 0 amide bonds. The quantitative estimate of drug-likeness (QED) is 0.392. The van der Waals surface area contributed by atoms with Crippen LogP contribution in [0.25, 0.3) is 5.69 Å². The van der Waals surface area contributed by atoms with Gasteiger partial charge in [-0.1, -0.05) is 19.4 Å². The zero-order valence-corrected chi connectivity index (χ0v) is 18.6. The normalized spacial score (nSPS) is 10.9. The topological polar surface area (TPSA) is 83.2 Å². The number of hydrogen-bond acceptors (Lipinski definition) is 5. The van der Waals surface area contributed by atoms with E-state index in [1.807, 2.05) is 13.8 Å². The van der Waals surface area contributed by atoms with Crippen LogP contribution in [0.15, 0.2) is 41.2 Å². The number of aromatic nitrogens is 3. The second-order valence-corrected chi connectivity index (χ2v) is 7.69. The van der Waals surface area contributed by atoms with Gasteiger partial charge in [0.05, 0.1) is 0 Å². The minimum atomic E-state index is -0.780. The van der Waals surface area contributed by atoms with E-state index in [1.54, 1.807) is 36.6 Å². The Bertz CT molecular complexity index is 1230. The van der Waals surface area contributed by atoms with E-state index in [0.717, 1.165) is 18.5 Å². The van der Waals surface area contributed by atoms with Crippen LogP contribution >= 0.6 is 0 Å². The lowest BCUT2D eigenvalue weighted by molar-refractivity contribution is 0.0466. The minimum absolute atomic E-state index is 0.0332. The first-order valence-electron chi connectivity index (χ1n) is 10.5. The number of Topliss-reactive ketones (excluding diaryl/α,β-unsaturated/α-hetero) is 1. The van der Waals surface area contributed by atoms with Crippen LogP contribution in [0.4, 0.5) is 4.39 Å². The number of carbonyl (C=O) groups excluding carboxylic acids is 2. The Labute approximate surface area is 185 Å².